The summed E-state index contributed by atoms with van der Waals surface area (Å²) in [4.78, 5) is 4.47. The van der Waals surface area contributed by atoms with Crippen molar-refractivity contribution < 1.29 is 5.11 Å². The van der Waals surface area contributed by atoms with E-state index in [1.165, 1.54) is 24.1 Å². The highest BCUT2D eigenvalue weighted by Crippen LogP contribution is 2.12. The highest BCUT2D eigenvalue weighted by molar-refractivity contribution is 5.48. The molecular formula is C16H25N3O. The molecule has 0 aliphatic rings. The molecule has 0 bridgehead atoms. The maximum Gasteiger partial charge on any atom is 0.139 e. The molecule has 1 unspecified atom stereocenters. The van der Waals surface area contributed by atoms with Gasteiger partial charge in [-0.05, 0) is 43.9 Å². The molecule has 2 heterocycles. The summed E-state index contributed by atoms with van der Waals surface area (Å²) < 4.78 is 2.14. The van der Waals surface area contributed by atoms with Gasteiger partial charge in [0.2, 0.25) is 0 Å². The van der Waals surface area contributed by atoms with Crippen LogP contribution in [-0.2, 0) is 6.54 Å². The first-order chi connectivity index (χ1) is 9.76. The molecule has 2 N–H and O–H groups in total. The smallest absolute Gasteiger partial charge is 0.139 e. The third-order valence-electron chi connectivity index (χ3n) is 3.78. The number of hydrogen-bond donors (Lipinski definition) is 2. The molecule has 0 fully saturated rings. The summed E-state index contributed by atoms with van der Waals surface area (Å²) in [6.45, 7) is 6.32. The van der Waals surface area contributed by atoms with E-state index in [4.69, 9.17) is 5.11 Å². The average molecular weight is 275 g/mol. The zero-order chi connectivity index (χ0) is 14.4. The molecule has 0 saturated heterocycles. The Hall–Kier alpha value is -1.39. The minimum absolute atomic E-state index is 0.279. The topological polar surface area (TPSA) is 49.6 Å². The van der Waals surface area contributed by atoms with Gasteiger partial charge in [0.15, 0.2) is 0 Å². The van der Waals surface area contributed by atoms with Crippen LogP contribution in [0.1, 0.15) is 37.4 Å². The fraction of sp³-hybridized carbons (Fsp3) is 0.562. The first-order valence-corrected chi connectivity index (χ1v) is 7.49. The molecule has 2 aromatic heterocycles. The number of aryl methyl sites for hydroxylation is 1. The maximum atomic E-state index is 9.08. The first-order valence-electron chi connectivity index (χ1n) is 7.49. The van der Waals surface area contributed by atoms with Crippen molar-refractivity contribution in [1.29, 1.82) is 0 Å². The van der Waals surface area contributed by atoms with Crippen LogP contribution in [0.2, 0.25) is 0 Å². The van der Waals surface area contributed by atoms with Gasteiger partial charge in [-0.2, -0.15) is 0 Å². The Morgan fingerprint density at radius 3 is 3.00 bits per heavy atom. The zero-order valence-corrected chi connectivity index (χ0v) is 12.5. The summed E-state index contributed by atoms with van der Waals surface area (Å²) in [5.74, 6) is 0.561. The summed E-state index contributed by atoms with van der Waals surface area (Å²) in [7, 11) is 0. The van der Waals surface area contributed by atoms with Crippen LogP contribution in [0.4, 0.5) is 0 Å². The monoisotopic (exact) mass is 275 g/mol. The van der Waals surface area contributed by atoms with Crippen LogP contribution >= 0.6 is 0 Å². The highest BCUT2D eigenvalue weighted by atomic mass is 16.3. The number of rotatable bonds is 8. The Kier molecular flexibility index (Phi) is 5.56. The summed E-state index contributed by atoms with van der Waals surface area (Å²) in [5, 5.41) is 12.6. The second-order valence-corrected chi connectivity index (χ2v) is 5.43. The van der Waals surface area contributed by atoms with E-state index in [1.54, 1.807) is 0 Å². The molecule has 4 heteroatoms. The summed E-state index contributed by atoms with van der Waals surface area (Å²) >= 11 is 0. The molecule has 0 saturated carbocycles. The van der Waals surface area contributed by atoms with Crippen molar-refractivity contribution >= 4 is 5.65 Å². The summed E-state index contributed by atoms with van der Waals surface area (Å²) in [6, 6.07) is 4.14. The van der Waals surface area contributed by atoms with E-state index in [9.17, 15) is 0 Å². The molecular weight excluding hydrogens is 250 g/mol. The average Bonchev–Trinajstić information content (AvgIpc) is 2.84. The Balaban J connectivity index is 1.94. The zero-order valence-electron chi connectivity index (χ0n) is 12.5. The van der Waals surface area contributed by atoms with Crippen LogP contribution in [0, 0.1) is 12.8 Å². The van der Waals surface area contributed by atoms with E-state index < -0.39 is 0 Å². The van der Waals surface area contributed by atoms with Crippen LogP contribution in [0.5, 0.6) is 0 Å². The normalized spacial score (nSPS) is 12.9. The predicted octanol–water partition coefficient (Wildman–Crippen LogP) is 2.53. The number of aliphatic hydroxyl groups excluding tert-OH is 1. The molecule has 2 rings (SSSR count). The number of fused-ring (bicyclic) bond motifs is 1. The van der Waals surface area contributed by atoms with Gasteiger partial charge in [-0.15, -0.1) is 0 Å². The number of hydrogen-bond acceptors (Lipinski definition) is 3. The molecule has 0 radical (unpaired) electrons. The van der Waals surface area contributed by atoms with Gasteiger partial charge in [0, 0.05) is 19.3 Å². The van der Waals surface area contributed by atoms with Gasteiger partial charge in [-0.1, -0.05) is 19.4 Å². The highest BCUT2D eigenvalue weighted by Gasteiger charge is 2.08. The maximum absolute atomic E-state index is 9.08. The van der Waals surface area contributed by atoms with Crippen molar-refractivity contribution in [2.75, 3.05) is 13.2 Å². The standard InChI is InChI=1S/C16H25N3O/c1-3-5-14(7-9-20)10-17-11-15-12-18-16-13(2)6-4-8-19(15)16/h4,6,8,12,14,17,20H,3,5,7,9-11H2,1-2H3. The Morgan fingerprint density at radius 2 is 2.25 bits per heavy atom. The predicted molar refractivity (Wildman–Crippen MR) is 81.7 cm³/mol. The second kappa shape index (κ2) is 7.41. The fourth-order valence-electron chi connectivity index (χ4n) is 2.68. The van der Waals surface area contributed by atoms with E-state index in [2.05, 4.69) is 46.9 Å². The van der Waals surface area contributed by atoms with Crippen molar-refractivity contribution in [2.45, 2.75) is 39.7 Å². The molecule has 20 heavy (non-hydrogen) atoms. The number of aromatic nitrogens is 2. The third-order valence-corrected chi connectivity index (χ3v) is 3.78. The summed E-state index contributed by atoms with van der Waals surface area (Å²) in [6.07, 6.45) is 7.22. The van der Waals surface area contributed by atoms with Gasteiger partial charge < -0.3 is 14.8 Å². The number of nitrogens with one attached hydrogen (secondary N) is 1. The first kappa shape index (κ1) is 15.0. The van der Waals surface area contributed by atoms with Crippen LogP contribution < -0.4 is 5.32 Å². The van der Waals surface area contributed by atoms with Crippen molar-refractivity contribution in [1.82, 2.24) is 14.7 Å². The SMILES string of the molecule is CCCC(CCO)CNCc1cnc2c(C)cccn12. The molecule has 0 spiro atoms. The van der Waals surface area contributed by atoms with Gasteiger partial charge in [0.05, 0.1) is 11.9 Å². The quantitative estimate of drug-likeness (QED) is 0.778. The Morgan fingerprint density at radius 1 is 1.40 bits per heavy atom. The number of imidazole rings is 1. The lowest BCUT2D eigenvalue weighted by atomic mass is 10.0. The lowest BCUT2D eigenvalue weighted by Crippen LogP contribution is -2.23. The molecule has 0 aliphatic heterocycles. The minimum atomic E-state index is 0.279. The number of pyridine rings is 1. The molecule has 2 aromatic rings. The molecule has 0 amide bonds. The van der Waals surface area contributed by atoms with E-state index >= 15 is 0 Å². The second-order valence-electron chi connectivity index (χ2n) is 5.43. The minimum Gasteiger partial charge on any atom is -0.396 e. The van der Waals surface area contributed by atoms with Gasteiger partial charge >= 0.3 is 0 Å². The van der Waals surface area contributed by atoms with E-state index in [0.717, 1.165) is 25.2 Å². The molecule has 4 nitrogen and oxygen atoms in total. The molecule has 110 valence electrons. The van der Waals surface area contributed by atoms with Crippen LogP contribution in [0.25, 0.3) is 5.65 Å². The largest absolute Gasteiger partial charge is 0.396 e. The summed E-state index contributed by atoms with van der Waals surface area (Å²) in [5.41, 5.74) is 3.41. The van der Waals surface area contributed by atoms with E-state index in [0.29, 0.717) is 5.92 Å². The van der Waals surface area contributed by atoms with Gasteiger partial charge in [0.25, 0.3) is 0 Å². The lowest BCUT2D eigenvalue weighted by molar-refractivity contribution is 0.248. The van der Waals surface area contributed by atoms with Crippen LogP contribution in [0.3, 0.4) is 0 Å². The number of nitrogens with zero attached hydrogens (tertiary/aromatic N) is 2. The van der Waals surface area contributed by atoms with Crippen molar-refractivity contribution in [3.63, 3.8) is 0 Å². The van der Waals surface area contributed by atoms with Gasteiger partial charge in [-0.25, -0.2) is 4.98 Å². The van der Waals surface area contributed by atoms with Crippen LogP contribution in [-0.4, -0.2) is 27.6 Å². The van der Waals surface area contributed by atoms with Gasteiger partial charge in [-0.3, -0.25) is 0 Å². The fourth-order valence-corrected chi connectivity index (χ4v) is 2.68. The number of aliphatic hydroxyl groups is 1. The van der Waals surface area contributed by atoms with Gasteiger partial charge in [0.1, 0.15) is 5.65 Å². The third kappa shape index (κ3) is 3.58. The van der Waals surface area contributed by atoms with Crippen molar-refractivity contribution in [2.24, 2.45) is 5.92 Å². The van der Waals surface area contributed by atoms with Crippen LogP contribution in [0.15, 0.2) is 24.5 Å². The molecule has 1 atom stereocenters. The lowest BCUT2D eigenvalue weighted by Gasteiger charge is -2.15. The van der Waals surface area contributed by atoms with Crippen molar-refractivity contribution in [3.8, 4) is 0 Å². The molecule has 0 aromatic carbocycles. The van der Waals surface area contributed by atoms with Crippen molar-refractivity contribution in [3.05, 3.63) is 35.8 Å². The van der Waals surface area contributed by atoms with E-state index in [-0.39, 0.29) is 6.61 Å². The molecule has 0 aliphatic carbocycles. The Bertz CT molecular complexity index is 530. The van der Waals surface area contributed by atoms with E-state index in [1.807, 2.05) is 6.20 Å². The Labute approximate surface area is 120 Å².